The maximum absolute atomic E-state index is 4.58. The van der Waals surface area contributed by atoms with Crippen molar-refractivity contribution in [2.45, 2.75) is 40.2 Å². The van der Waals surface area contributed by atoms with Gasteiger partial charge in [-0.15, -0.1) is 0 Å². The first-order valence-electron chi connectivity index (χ1n) is 7.54. The first kappa shape index (κ1) is 14.8. The van der Waals surface area contributed by atoms with E-state index in [-0.39, 0.29) is 0 Å². The molecule has 1 aromatic heterocycles. The van der Waals surface area contributed by atoms with Crippen LogP contribution in [0.4, 0.5) is 0 Å². The Labute approximate surface area is 122 Å². The van der Waals surface area contributed by atoms with E-state index in [1.807, 2.05) is 12.3 Å². The Morgan fingerprint density at radius 2 is 1.95 bits per heavy atom. The van der Waals surface area contributed by atoms with Gasteiger partial charge in [-0.25, -0.2) is 4.68 Å². The van der Waals surface area contributed by atoms with Crippen molar-refractivity contribution in [2.75, 3.05) is 6.54 Å². The topological polar surface area (TPSA) is 29.9 Å². The molecule has 0 fully saturated rings. The Balaban J connectivity index is 2.19. The second kappa shape index (κ2) is 7.25. The lowest BCUT2D eigenvalue weighted by Gasteiger charge is -2.10. The van der Waals surface area contributed by atoms with Crippen LogP contribution in [0, 0.1) is 5.92 Å². The van der Waals surface area contributed by atoms with E-state index in [9.17, 15) is 0 Å². The number of benzene rings is 1. The average Bonchev–Trinajstić information content (AvgIpc) is 2.83. The summed E-state index contributed by atoms with van der Waals surface area (Å²) in [7, 11) is 0. The number of nitrogens with zero attached hydrogens (tertiary/aromatic N) is 2. The molecule has 0 saturated carbocycles. The summed E-state index contributed by atoms with van der Waals surface area (Å²) in [5.41, 5.74) is 3.79. The molecule has 1 heterocycles. The molecule has 0 spiro atoms. The Morgan fingerprint density at radius 1 is 1.20 bits per heavy atom. The van der Waals surface area contributed by atoms with Gasteiger partial charge in [0, 0.05) is 17.8 Å². The smallest absolute Gasteiger partial charge is 0.0648 e. The molecular formula is C17H25N3. The van der Waals surface area contributed by atoms with Gasteiger partial charge in [0.1, 0.15) is 0 Å². The zero-order valence-electron chi connectivity index (χ0n) is 12.8. The molecule has 0 atom stereocenters. The van der Waals surface area contributed by atoms with Crippen LogP contribution in [0.5, 0.6) is 0 Å². The Hall–Kier alpha value is -1.61. The average molecular weight is 271 g/mol. The van der Waals surface area contributed by atoms with Crippen molar-refractivity contribution in [2.24, 2.45) is 5.92 Å². The van der Waals surface area contributed by atoms with E-state index in [0.29, 0.717) is 5.92 Å². The summed E-state index contributed by atoms with van der Waals surface area (Å²) < 4.78 is 2.08. The minimum Gasteiger partial charge on any atom is -0.312 e. The van der Waals surface area contributed by atoms with Crippen LogP contribution in [-0.2, 0) is 13.0 Å². The predicted molar refractivity (Wildman–Crippen MR) is 84.1 cm³/mol. The predicted octanol–water partition coefficient (Wildman–Crippen LogP) is 3.57. The number of hydrogen-bond donors (Lipinski definition) is 1. The number of aromatic nitrogens is 2. The van der Waals surface area contributed by atoms with Crippen LogP contribution in [0.25, 0.3) is 5.69 Å². The van der Waals surface area contributed by atoms with E-state index in [0.717, 1.165) is 31.6 Å². The molecule has 0 aliphatic rings. The van der Waals surface area contributed by atoms with Gasteiger partial charge in [0.15, 0.2) is 0 Å². The highest BCUT2D eigenvalue weighted by atomic mass is 15.3. The summed E-state index contributed by atoms with van der Waals surface area (Å²) in [6.45, 7) is 8.62. The first-order valence-corrected chi connectivity index (χ1v) is 7.54. The van der Waals surface area contributed by atoms with E-state index in [4.69, 9.17) is 0 Å². The summed E-state index contributed by atoms with van der Waals surface area (Å²) >= 11 is 0. The fourth-order valence-electron chi connectivity index (χ4n) is 2.35. The fourth-order valence-corrected chi connectivity index (χ4v) is 2.35. The highest BCUT2D eigenvalue weighted by Crippen LogP contribution is 2.16. The maximum Gasteiger partial charge on any atom is 0.0648 e. The van der Waals surface area contributed by atoms with E-state index in [1.165, 1.54) is 11.3 Å². The van der Waals surface area contributed by atoms with Crippen LogP contribution in [0.1, 0.15) is 38.4 Å². The van der Waals surface area contributed by atoms with Gasteiger partial charge in [-0.1, -0.05) is 45.4 Å². The third kappa shape index (κ3) is 3.70. The molecule has 0 radical (unpaired) electrons. The molecule has 0 aliphatic carbocycles. The molecule has 3 heteroatoms. The lowest BCUT2D eigenvalue weighted by Crippen LogP contribution is -2.19. The molecule has 0 bridgehead atoms. The molecule has 0 aliphatic heterocycles. The van der Waals surface area contributed by atoms with Crippen molar-refractivity contribution in [1.29, 1.82) is 0 Å². The van der Waals surface area contributed by atoms with Gasteiger partial charge in [-0.05, 0) is 31.0 Å². The maximum atomic E-state index is 4.58. The zero-order chi connectivity index (χ0) is 14.4. The standard InChI is InChI=1S/C17H25N3/c1-4-8-17-15(12-18-11-14(2)3)13-19-20(17)16-9-6-5-7-10-16/h5-7,9-10,13-14,18H,4,8,11-12H2,1-3H3. The molecule has 108 valence electrons. The summed E-state index contributed by atoms with van der Waals surface area (Å²) in [4.78, 5) is 0. The normalized spacial score (nSPS) is 11.2. The van der Waals surface area contributed by atoms with Crippen LogP contribution in [-0.4, -0.2) is 16.3 Å². The molecule has 2 aromatic rings. The quantitative estimate of drug-likeness (QED) is 0.834. The van der Waals surface area contributed by atoms with Crippen LogP contribution < -0.4 is 5.32 Å². The van der Waals surface area contributed by atoms with Gasteiger partial charge in [0.05, 0.1) is 11.9 Å². The van der Waals surface area contributed by atoms with Crippen LogP contribution in [0.2, 0.25) is 0 Å². The molecule has 0 amide bonds. The van der Waals surface area contributed by atoms with E-state index >= 15 is 0 Å². The summed E-state index contributed by atoms with van der Waals surface area (Å²) in [6, 6.07) is 10.4. The zero-order valence-corrected chi connectivity index (χ0v) is 12.8. The summed E-state index contributed by atoms with van der Waals surface area (Å²) in [5, 5.41) is 8.09. The molecule has 2 rings (SSSR count). The monoisotopic (exact) mass is 271 g/mol. The summed E-state index contributed by atoms with van der Waals surface area (Å²) in [6.07, 6.45) is 4.20. The lowest BCUT2D eigenvalue weighted by atomic mass is 10.1. The molecule has 0 saturated heterocycles. The van der Waals surface area contributed by atoms with Gasteiger partial charge in [-0.3, -0.25) is 0 Å². The third-order valence-electron chi connectivity index (χ3n) is 3.31. The minimum absolute atomic E-state index is 0.675. The number of rotatable bonds is 7. The molecule has 20 heavy (non-hydrogen) atoms. The number of hydrogen-bond acceptors (Lipinski definition) is 2. The van der Waals surface area contributed by atoms with Gasteiger partial charge in [0.2, 0.25) is 0 Å². The third-order valence-corrected chi connectivity index (χ3v) is 3.31. The van der Waals surface area contributed by atoms with Crippen molar-refractivity contribution in [3.8, 4) is 5.69 Å². The van der Waals surface area contributed by atoms with Crippen molar-refractivity contribution in [3.05, 3.63) is 47.8 Å². The highest BCUT2D eigenvalue weighted by Gasteiger charge is 2.11. The molecular weight excluding hydrogens is 246 g/mol. The second-order valence-corrected chi connectivity index (χ2v) is 5.64. The Morgan fingerprint density at radius 3 is 2.60 bits per heavy atom. The van der Waals surface area contributed by atoms with E-state index < -0.39 is 0 Å². The summed E-state index contributed by atoms with van der Waals surface area (Å²) in [5.74, 6) is 0.675. The van der Waals surface area contributed by atoms with Crippen molar-refractivity contribution in [1.82, 2.24) is 15.1 Å². The molecule has 0 unspecified atom stereocenters. The molecule has 3 nitrogen and oxygen atoms in total. The van der Waals surface area contributed by atoms with Crippen molar-refractivity contribution in [3.63, 3.8) is 0 Å². The molecule has 1 N–H and O–H groups in total. The van der Waals surface area contributed by atoms with Crippen LogP contribution in [0.3, 0.4) is 0 Å². The highest BCUT2D eigenvalue weighted by molar-refractivity contribution is 5.35. The lowest BCUT2D eigenvalue weighted by molar-refractivity contribution is 0.550. The number of para-hydroxylation sites is 1. The van der Waals surface area contributed by atoms with Gasteiger partial charge in [0.25, 0.3) is 0 Å². The van der Waals surface area contributed by atoms with Crippen LogP contribution in [0.15, 0.2) is 36.5 Å². The van der Waals surface area contributed by atoms with E-state index in [1.54, 1.807) is 0 Å². The molecule has 1 aromatic carbocycles. The largest absolute Gasteiger partial charge is 0.312 e. The number of nitrogens with one attached hydrogen (secondary N) is 1. The SMILES string of the molecule is CCCc1c(CNCC(C)C)cnn1-c1ccccc1. The van der Waals surface area contributed by atoms with Gasteiger partial charge < -0.3 is 5.32 Å². The van der Waals surface area contributed by atoms with Gasteiger partial charge in [-0.2, -0.15) is 5.10 Å². The fraction of sp³-hybridized carbons (Fsp3) is 0.471. The second-order valence-electron chi connectivity index (χ2n) is 5.64. The van der Waals surface area contributed by atoms with Gasteiger partial charge >= 0.3 is 0 Å². The van der Waals surface area contributed by atoms with Crippen LogP contribution >= 0.6 is 0 Å². The van der Waals surface area contributed by atoms with Crippen molar-refractivity contribution < 1.29 is 0 Å². The first-order chi connectivity index (χ1) is 9.72. The van der Waals surface area contributed by atoms with Crippen molar-refractivity contribution >= 4 is 0 Å². The Bertz CT molecular complexity index is 514. The Kier molecular flexibility index (Phi) is 5.36. The van der Waals surface area contributed by atoms with E-state index in [2.05, 4.69) is 60.1 Å². The minimum atomic E-state index is 0.675.